The van der Waals surface area contributed by atoms with Gasteiger partial charge in [-0.15, -0.1) is 0 Å². The van der Waals surface area contributed by atoms with Gasteiger partial charge in [0.2, 0.25) is 0 Å². The molecule has 0 aliphatic carbocycles. The second kappa shape index (κ2) is 16.5. The van der Waals surface area contributed by atoms with Crippen molar-refractivity contribution in [1.29, 1.82) is 0 Å². The molecule has 1 aliphatic heterocycles. The van der Waals surface area contributed by atoms with E-state index in [9.17, 15) is 52.7 Å². The average Bonchev–Trinajstić information content (AvgIpc) is 3.29. The molecule has 1 aliphatic rings. The molecule has 0 N–H and O–H groups in total. The highest BCUT2D eigenvalue weighted by atomic mass is 19.4. The number of ether oxygens (including phenoxy) is 2. The van der Waals surface area contributed by atoms with Crippen LogP contribution in [0.2, 0.25) is 0 Å². The lowest BCUT2D eigenvalue weighted by Crippen LogP contribution is -2.56. The molecule has 0 bridgehead atoms. The third-order valence-corrected chi connectivity index (χ3v) is 13.4. The molecule has 64 heavy (non-hydrogen) atoms. The van der Waals surface area contributed by atoms with Crippen molar-refractivity contribution in [2.45, 2.75) is 137 Å². The van der Waals surface area contributed by atoms with Crippen LogP contribution in [0.1, 0.15) is 127 Å². The highest BCUT2D eigenvalue weighted by Crippen LogP contribution is 2.56. The van der Waals surface area contributed by atoms with Crippen molar-refractivity contribution in [3.05, 3.63) is 93.0 Å². The van der Waals surface area contributed by atoms with E-state index in [0.29, 0.717) is 59.4 Å². The van der Waals surface area contributed by atoms with Crippen molar-refractivity contribution in [3.8, 4) is 44.9 Å². The van der Waals surface area contributed by atoms with Gasteiger partial charge in [0, 0.05) is 38.8 Å². The van der Waals surface area contributed by atoms with Crippen molar-refractivity contribution in [1.82, 2.24) is 0 Å². The highest BCUT2D eigenvalue weighted by molar-refractivity contribution is 5.91. The topological polar surface area (TPSA) is 18.5 Å². The predicted molar refractivity (Wildman–Crippen MR) is 225 cm³/mol. The molecule has 0 radical (unpaired) electrons. The van der Waals surface area contributed by atoms with Gasteiger partial charge in [-0.2, -0.15) is 52.7 Å². The summed E-state index contributed by atoms with van der Waals surface area (Å²) < 4.78 is 188. The standard InChI is InChI=1S/C49H56F12NO2/c1-14-45(10,15-2)26(3)62(11)24-35-33(22-37(43(4,5)6)41(63-12)39(35)27-16-29(46(50,51)52)20-30(17-27)47(53,54)55)34-23-38(44(7,8)9)42(64-13)40(36(34)25-62)28-18-31(48(56,57)58)21-32(19-28)49(59,60)61/h16-23,26H,14-15,24-25H2,1-13H3/q+1/t26-/m0/s1. The normalized spacial score (nSPS) is 15.6. The van der Waals surface area contributed by atoms with E-state index in [2.05, 4.69) is 0 Å². The van der Waals surface area contributed by atoms with Crippen LogP contribution in [-0.4, -0.2) is 31.8 Å². The van der Waals surface area contributed by atoms with E-state index in [1.165, 1.54) is 14.2 Å². The molecular formula is C49H56F12NO2+. The first-order chi connectivity index (χ1) is 29.0. The molecule has 0 unspecified atom stereocenters. The molecule has 5 rings (SSSR count). The monoisotopic (exact) mass is 918 g/mol. The second-order valence-corrected chi connectivity index (χ2v) is 19.6. The molecule has 3 nitrogen and oxygen atoms in total. The van der Waals surface area contributed by atoms with Gasteiger partial charge in [0.25, 0.3) is 0 Å². The van der Waals surface area contributed by atoms with Crippen LogP contribution in [-0.2, 0) is 48.6 Å². The summed E-state index contributed by atoms with van der Waals surface area (Å²) in [6, 6.07) is 5.81. The third-order valence-electron chi connectivity index (χ3n) is 13.4. The van der Waals surface area contributed by atoms with Crippen molar-refractivity contribution in [2.75, 3.05) is 21.3 Å². The fourth-order valence-corrected chi connectivity index (χ4v) is 9.21. The van der Waals surface area contributed by atoms with Crippen molar-refractivity contribution >= 4 is 0 Å². The Kier molecular flexibility index (Phi) is 13.0. The van der Waals surface area contributed by atoms with Gasteiger partial charge in [0.1, 0.15) is 24.6 Å². The van der Waals surface area contributed by atoms with Gasteiger partial charge in [-0.05, 0) is 101 Å². The number of nitrogens with zero attached hydrogens (tertiary/aromatic N) is 1. The lowest BCUT2D eigenvalue weighted by molar-refractivity contribution is -0.963. The molecule has 1 atom stereocenters. The average molecular weight is 919 g/mol. The van der Waals surface area contributed by atoms with E-state index >= 15 is 0 Å². The zero-order valence-corrected chi connectivity index (χ0v) is 38.3. The maximum Gasteiger partial charge on any atom is 0.416 e. The summed E-state index contributed by atoms with van der Waals surface area (Å²) >= 11 is 0. The summed E-state index contributed by atoms with van der Waals surface area (Å²) in [6.07, 6.45) is -19.6. The Balaban J connectivity index is 2.20. The Morgan fingerprint density at radius 1 is 0.500 bits per heavy atom. The number of halogens is 12. The number of hydrogen-bond donors (Lipinski definition) is 0. The minimum atomic E-state index is -5.20. The molecule has 0 saturated carbocycles. The predicted octanol–water partition coefficient (Wildman–Crippen LogP) is 16.0. The van der Waals surface area contributed by atoms with Gasteiger partial charge in [-0.25, -0.2) is 0 Å². The molecule has 0 fully saturated rings. The van der Waals surface area contributed by atoms with E-state index in [0.717, 1.165) is 0 Å². The van der Waals surface area contributed by atoms with Crippen LogP contribution in [0.5, 0.6) is 11.5 Å². The van der Waals surface area contributed by atoms with Gasteiger partial charge in [0.15, 0.2) is 0 Å². The molecule has 1 heterocycles. The van der Waals surface area contributed by atoms with E-state index in [-0.39, 0.29) is 69.5 Å². The zero-order chi connectivity index (χ0) is 48.7. The number of alkyl halides is 12. The minimum absolute atomic E-state index is 0.0209. The Morgan fingerprint density at radius 3 is 1.00 bits per heavy atom. The van der Waals surface area contributed by atoms with Crippen molar-refractivity contribution < 1.29 is 66.6 Å². The van der Waals surface area contributed by atoms with Crippen LogP contribution in [0.4, 0.5) is 52.7 Å². The summed E-state index contributed by atoms with van der Waals surface area (Å²) in [5.41, 5.74) is -7.46. The zero-order valence-electron chi connectivity index (χ0n) is 38.3. The second-order valence-electron chi connectivity index (χ2n) is 19.6. The third kappa shape index (κ3) is 9.47. The van der Waals surface area contributed by atoms with Crippen LogP contribution in [0.3, 0.4) is 0 Å². The first kappa shape index (κ1) is 50.6. The molecule has 0 aromatic heterocycles. The van der Waals surface area contributed by atoms with E-state index in [4.69, 9.17) is 9.47 Å². The van der Waals surface area contributed by atoms with Gasteiger partial charge < -0.3 is 14.0 Å². The van der Waals surface area contributed by atoms with E-state index in [1.807, 2.05) is 34.7 Å². The minimum Gasteiger partial charge on any atom is -0.496 e. The lowest BCUT2D eigenvalue weighted by Gasteiger charge is -2.48. The molecule has 15 heteroatoms. The molecule has 0 amide bonds. The largest absolute Gasteiger partial charge is 0.496 e. The molecule has 0 saturated heterocycles. The van der Waals surface area contributed by atoms with E-state index < -0.39 is 74.3 Å². The molecule has 352 valence electrons. The first-order valence-corrected chi connectivity index (χ1v) is 20.9. The van der Waals surface area contributed by atoms with Gasteiger partial charge in [-0.1, -0.05) is 62.3 Å². The number of quaternary nitrogens is 1. The van der Waals surface area contributed by atoms with Crippen LogP contribution < -0.4 is 9.47 Å². The molecular weight excluding hydrogens is 863 g/mol. The Morgan fingerprint density at radius 2 is 0.781 bits per heavy atom. The quantitative estimate of drug-likeness (QED) is 0.130. The summed E-state index contributed by atoms with van der Waals surface area (Å²) in [6.45, 7) is 18.5. The number of benzene rings is 4. The molecule has 0 spiro atoms. The fourth-order valence-electron chi connectivity index (χ4n) is 9.21. The van der Waals surface area contributed by atoms with Crippen molar-refractivity contribution in [2.24, 2.45) is 5.41 Å². The molecule has 4 aromatic carbocycles. The Bertz CT molecular complexity index is 2190. The summed E-state index contributed by atoms with van der Waals surface area (Å²) in [7, 11) is 4.39. The number of methoxy groups -OCH3 is 2. The number of hydrogen-bond acceptors (Lipinski definition) is 2. The van der Waals surface area contributed by atoms with Crippen LogP contribution in [0.25, 0.3) is 33.4 Å². The van der Waals surface area contributed by atoms with Crippen LogP contribution >= 0.6 is 0 Å². The van der Waals surface area contributed by atoms with Crippen molar-refractivity contribution in [3.63, 3.8) is 0 Å². The highest BCUT2D eigenvalue weighted by Gasteiger charge is 2.48. The number of fused-ring (bicyclic) bond motifs is 3. The lowest BCUT2D eigenvalue weighted by atomic mass is 9.76. The Hall–Kier alpha value is -4.40. The first-order valence-electron chi connectivity index (χ1n) is 20.9. The maximum absolute atomic E-state index is 14.6. The SMILES string of the molecule is CCC(C)(CC)[C@H](C)[N+]1(C)Cc2c(cc(C(C)(C)C)c(OC)c2-c2cc(C(F)(F)F)cc(C(F)(F)F)c2)-c2cc(C(C)(C)C)c(OC)c(-c3cc(C(F)(F)F)cc(C(F)(F)F)c3)c2C1. The fraction of sp³-hybridized carbons (Fsp3) is 0.510. The maximum atomic E-state index is 14.6. The van der Waals surface area contributed by atoms with E-state index in [1.54, 1.807) is 53.7 Å². The summed E-state index contributed by atoms with van der Waals surface area (Å²) in [5, 5.41) is 0. The Labute approximate surface area is 367 Å². The van der Waals surface area contributed by atoms with Crippen LogP contribution in [0.15, 0.2) is 48.5 Å². The van der Waals surface area contributed by atoms with Crippen LogP contribution in [0, 0.1) is 5.41 Å². The summed E-state index contributed by atoms with van der Waals surface area (Å²) in [5.74, 6) is 0.0418. The van der Waals surface area contributed by atoms with Gasteiger partial charge in [0.05, 0.1) is 49.6 Å². The number of rotatable bonds is 8. The molecule has 4 aromatic rings. The summed E-state index contributed by atoms with van der Waals surface area (Å²) in [4.78, 5) is 0. The smallest absolute Gasteiger partial charge is 0.416 e. The van der Waals surface area contributed by atoms with Gasteiger partial charge in [-0.3, -0.25) is 0 Å². The van der Waals surface area contributed by atoms with Gasteiger partial charge >= 0.3 is 24.7 Å².